The Morgan fingerprint density at radius 1 is 0.938 bits per heavy atom. The number of fused-ring (bicyclic) bond motifs is 3. The van der Waals surface area contributed by atoms with Crippen molar-refractivity contribution in [1.82, 2.24) is 0 Å². The Balaban J connectivity index is 1.79. The number of halogens is 1. The average Bonchev–Trinajstić information content (AvgIpc) is 3.15. The Morgan fingerprint density at radius 3 is 2.38 bits per heavy atom. The van der Waals surface area contributed by atoms with Gasteiger partial charge in [0.1, 0.15) is 6.04 Å². The van der Waals surface area contributed by atoms with Gasteiger partial charge in [-0.25, -0.2) is 0 Å². The molecule has 0 spiro atoms. The molecule has 1 saturated heterocycles. The third kappa shape index (κ3) is 2.90. The molecule has 4 nitrogen and oxygen atoms in total. The van der Waals surface area contributed by atoms with Crippen LogP contribution in [0.2, 0.25) is 0 Å². The van der Waals surface area contributed by atoms with Crippen LogP contribution in [-0.4, -0.2) is 17.9 Å². The normalized spacial score (nSPS) is 22.3. The lowest BCUT2D eigenvalue weighted by atomic mass is 9.69. The number of carbonyl (C=O) groups is 1. The Bertz CT molecular complexity index is 1300. The number of hydrogen-bond acceptors (Lipinski definition) is 4. The summed E-state index contributed by atoms with van der Waals surface area (Å²) in [7, 11) is 0. The number of Topliss-reactive ketones (excluding diaryl/α,β-unsaturated/α-hetero) is 1. The van der Waals surface area contributed by atoms with Crippen LogP contribution in [0.15, 0.2) is 89.4 Å². The van der Waals surface area contributed by atoms with Crippen LogP contribution in [0.3, 0.4) is 0 Å². The van der Waals surface area contributed by atoms with Crippen molar-refractivity contribution in [3.63, 3.8) is 0 Å². The Morgan fingerprint density at radius 2 is 1.66 bits per heavy atom. The van der Waals surface area contributed by atoms with Crippen molar-refractivity contribution in [3.05, 3.63) is 106 Å². The Labute approximate surface area is 195 Å². The van der Waals surface area contributed by atoms with E-state index < -0.39 is 23.4 Å². The van der Waals surface area contributed by atoms with Crippen LogP contribution < -0.4 is 4.90 Å². The van der Waals surface area contributed by atoms with E-state index in [2.05, 4.69) is 28.1 Å². The van der Waals surface area contributed by atoms with Gasteiger partial charge in [-0.3, -0.25) is 4.79 Å². The molecule has 0 bridgehead atoms. The highest BCUT2D eigenvalue weighted by Crippen LogP contribution is 2.55. The summed E-state index contributed by atoms with van der Waals surface area (Å²) in [6, 6.07) is 28.0. The van der Waals surface area contributed by atoms with Crippen LogP contribution in [0.25, 0.3) is 6.08 Å². The van der Waals surface area contributed by atoms with E-state index in [1.807, 2.05) is 83.8 Å². The first kappa shape index (κ1) is 20.2. The summed E-state index contributed by atoms with van der Waals surface area (Å²) in [6.45, 7) is 0. The molecule has 3 aromatic carbocycles. The fourth-order valence-corrected chi connectivity index (χ4v) is 5.48. The third-order valence-electron chi connectivity index (χ3n) is 6.45. The van der Waals surface area contributed by atoms with Gasteiger partial charge in [-0.2, -0.15) is 10.5 Å². The molecular weight excluding hydrogens is 462 g/mol. The molecular formula is C27H18BrN3O. The standard InChI is InChI=1S/C27H18BrN3O/c28-21-11-6-10-20(15-21)26(32)25-24(19-8-2-1-3-9-19)27(16-29,17-30)23-14-13-18-7-4-5-12-22(18)31(23)25/h1-15,23-25H. The number of rotatable bonds is 3. The maximum absolute atomic E-state index is 14.1. The predicted octanol–water partition coefficient (Wildman–Crippen LogP) is 5.73. The zero-order chi connectivity index (χ0) is 22.3. The lowest BCUT2D eigenvalue weighted by Gasteiger charge is -2.35. The Hall–Kier alpha value is -3.67. The van der Waals surface area contributed by atoms with Crippen molar-refractivity contribution in [2.24, 2.45) is 5.41 Å². The summed E-state index contributed by atoms with van der Waals surface area (Å²) in [5, 5.41) is 20.8. The highest BCUT2D eigenvalue weighted by Gasteiger charge is 2.63. The molecule has 1 fully saturated rings. The Kier molecular flexibility index (Phi) is 4.93. The van der Waals surface area contributed by atoms with Gasteiger partial charge in [-0.05, 0) is 29.3 Å². The number of nitrogens with zero attached hydrogens (tertiary/aromatic N) is 3. The molecule has 3 unspecified atom stereocenters. The number of benzene rings is 3. The molecule has 2 heterocycles. The molecule has 0 N–H and O–H groups in total. The minimum atomic E-state index is -1.42. The molecule has 3 atom stereocenters. The number of anilines is 1. The van der Waals surface area contributed by atoms with Gasteiger partial charge in [0.25, 0.3) is 0 Å². The number of hydrogen-bond donors (Lipinski definition) is 0. The molecule has 0 saturated carbocycles. The number of ketones is 1. The highest BCUT2D eigenvalue weighted by atomic mass is 79.9. The third-order valence-corrected chi connectivity index (χ3v) is 6.94. The van der Waals surface area contributed by atoms with Crippen LogP contribution in [0.5, 0.6) is 0 Å². The van der Waals surface area contributed by atoms with E-state index in [0.29, 0.717) is 5.56 Å². The van der Waals surface area contributed by atoms with Gasteiger partial charge in [-0.1, -0.05) is 88.7 Å². The van der Waals surface area contributed by atoms with E-state index in [1.54, 1.807) is 12.1 Å². The molecule has 0 aromatic heterocycles. The zero-order valence-corrected chi connectivity index (χ0v) is 18.6. The van der Waals surface area contributed by atoms with Gasteiger partial charge < -0.3 is 4.90 Å². The van der Waals surface area contributed by atoms with Crippen LogP contribution in [0, 0.1) is 28.1 Å². The van der Waals surface area contributed by atoms with E-state index in [0.717, 1.165) is 21.3 Å². The second-order valence-electron chi connectivity index (χ2n) is 8.07. The van der Waals surface area contributed by atoms with Crippen molar-refractivity contribution in [1.29, 1.82) is 10.5 Å². The summed E-state index contributed by atoms with van der Waals surface area (Å²) in [4.78, 5) is 16.1. The van der Waals surface area contributed by atoms with Crippen molar-refractivity contribution >= 4 is 33.5 Å². The molecule has 0 amide bonds. The average molecular weight is 480 g/mol. The van der Waals surface area contributed by atoms with Crippen LogP contribution in [-0.2, 0) is 0 Å². The van der Waals surface area contributed by atoms with Gasteiger partial charge >= 0.3 is 0 Å². The second-order valence-corrected chi connectivity index (χ2v) is 8.99. The van der Waals surface area contributed by atoms with E-state index >= 15 is 0 Å². The summed E-state index contributed by atoms with van der Waals surface area (Å²) in [5.41, 5.74) is 1.76. The molecule has 5 heteroatoms. The predicted molar refractivity (Wildman–Crippen MR) is 127 cm³/mol. The van der Waals surface area contributed by atoms with Crippen LogP contribution in [0.1, 0.15) is 27.4 Å². The first-order valence-electron chi connectivity index (χ1n) is 10.3. The van der Waals surface area contributed by atoms with Crippen molar-refractivity contribution in [3.8, 4) is 12.1 Å². The SMILES string of the molecule is N#CC1(C#N)C(c2ccccc2)C(C(=O)c2cccc(Br)c2)N2c3ccccc3C=CC21. The van der Waals surface area contributed by atoms with E-state index in [9.17, 15) is 15.3 Å². The number of para-hydroxylation sites is 1. The fraction of sp³-hybridized carbons (Fsp3) is 0.148. The van der Waals surface area contributed by atoms with Gasteiger partial charge in [0.15, 0.2) is 11.2 Å². The van der Waals surface area contributed by atoms with Gasteiger partial charge in [0.05, 0.1) is 18.2 Å². The van der Waals surface area contributed by atoms with Gasteiger partial charge in [0.2, 0.25) is 0 Å². The minimum absolute atomic E-state index is 0.109. The van der Waals surface area contributed by atoms with Gasteiger partial charge in [-0.15, -0.1) is 0 Å². The van der Waals surface area contributed by atoms with Crippen molar-refractivity contribution < 1.29 is 4.79 Å². The summed E-state index contributed by atoms with van der Waals surface area (Å²) in [5.74, 6) is -0.728. The van der Waals surface area contributed by atoms with Crippen LogP contribution in [0.4, 0.5) is 5.69 Å². The molecule has 0 aliphatic carbocycles. The summed E-state index contributed by atoms with van der Waals surface area (Å²) in [6.07, 6.45) is 3.85. The summed E-state index contributed by atoms with van der Waals surface area (Å²) < 4.78 is 0.805. The molecule has 3 aromatic rings. The van der Waals surface area contributed by atoms with Crippen molar-refractivity contribution in [2.45, 2.75) is 18.0 Å². The maximum atomic E-state index is 14.1. The van der Waals surface area contributed by atoms with E-state index in [-0.39, 0.29) is 5.78 Å². The quantitative estimate of drug-likeness (QED) is 0.449. The van der Waals surface area contributed by atoms with E-state index in [1.165, 1.54) is 0 Å². The molecule has 154 valence electrons. The van der Waals surface area contributed by atoms with Crippen LogP contribution >= 0.6 is 15.9 Å². The van der Waals surface area contributed by atoms with E-state index in [4.69, 9.17) is 0 Å². The zero-order valence-electron chi connectivity index (χ0n) is 17.0. The minimum Gasteiger partial charge on any atom is -0.351 e. The second kappa shape index (κ2) is 7.79. The number of nitriles is 2. The molecule has 32 heavy (non-hydrogen) atoms. The number of carbonyl (C=O) groups excluding carboxylic acids is 1. The lowest BCUT2D eigenvalue weighted by molar-refractivity contribution is 0.0951. The van der Waals surface area contributed by atoms with Gasteiger partial charge in [0, 0.05) is 21.6 Å². The molecule has 2 aliphatic rings. The van der Waals surface area contributed by atoms with Crippen molar-refractivity contribution in [2.75, 3.05) is 4.90 Å². The first-order valence-corrected chi connectivity index (χ1v) is 11.1. The lowest BCUT2D eigenvalue weighted by Crippen LogP contribution is -2.44. The maximum Gasteiger partial charge on any atom is 0.186 e. The summed E-state index contributed by atoms with van der Waals surface area (Å²) >= 11 is 3.46. The molecule has 5 rings (SSSR count). The fourth-order valence-electron chi connectivity index (χ4n) is 5.08. The molecule has 2 aliphatic heterocycles. The largest absolute Gasteiger partial charge is 0.351 e. The molecule has 0 radical (unpaired) electrons. The monoisotopic (exact) mass is 479 g/mol. The highest BCUT2D eigenvalue weighted by molar-refractivity contribution is 9.10. The smallest absolute Gasteiger partial charge is 0.186 e. The first-order chi connectivity index (χ1) is 15.6. The topological polar surface area (TPSA) is 67.9 Å².